The van der Waals surface area contributed by atoms with Crippen LogP contribution in [0.15, 0.2) is 35.3 Å². The average molecular weight is 334 g/mol. The van der Waals surface area contributed by atoms with Crippen molar-refractivity contribution in [1.29, 1.82) is 0 Å². The fourth-order valence-corrected chi connectivity index (χ4v) is 1.81. The van der Waals surface area contributed by atoms with Gasteiger partial charge in [-0.2, -0.15) is 0 Å². The molecule has 0 aliphatic heterocycles. The van der Waals surface area contributed by atoms with Gasteiger partial charge in [0, 0.05) is 13.1 Å². The number of rotatable bonds is 3. The van der Waals surface area contributed by atoms with Gasteiger partial charge in [0.15, 0.2) is 0 Å². The lowest BCUT2D eigenvalue weighted by Gasteiger charge is -2.22. The summed E-state index contributed by atoms with van der Waals surface area (Å²) in [5.74, 6) is 0.0207. The predicted molar refractivity (Wildman–Crippen MR) is 94.4 cm³/mol. The van der Waals surface area contributed by atoms with Gasteiger partial charge in [0.25, 0.3) is 0 Å². The molecule has 7 heteroatoms. The third kappa shape index (κ3) is 7.13. The maximum Gasteiger partial charge on any atom is 0.414 e. The minimum absolute atomic E-state index is 0.0207. The lowest BCUT2D eigenvalue weighted by Crippen LogP contribution is -2.50. The lowest BCUT2D eigenvalue weighted by molar-refractivity contribution is 0.0562. The number of carbonyl (C=O) groups excluding carboxylic acids is 2. The summed E-state index contributed by atoms with van der Waals surface area (Å²) in [6, 6.07) is 8.67. The quantitative estimate of drug-likeness (QED) is 0.657. The van der Waals surface area contributed by atoms with Crippen molar-refractivity contribution in [1.82, 2.24) is 15.5 Å². The Morgan fingerprint density at radius 2 is 1.67 bits per heavy atom. The molecule has 0 saturated carbocycles. The van der Waals surface area contributed by atoms with Gasteiger partial charge >= 0.3 is 12.1 Å². The van der Waals surface area contributed by atoms with E-state index in [0.29, 0.717) is 18.8 Å². The first-order chi connectivity index (χ1) is 11.2. The Morgan fingerprint density at radius 1 is 1.08 bits per heavy atom. The van der Waals surface area contributed by atoms with Crippen molar-refractivity contribution < 1.29 is 14.3 Å². The maximum atomic E-state index is 12.2. The summed E-state index contributed by atoms with van der Waals surface area (Å²) in [6.45, 7) is 10.1. The van der Waals surface area contributed by atoms with E-state index in [4.69, 9.17) is 4.74 Å². The van der Waals surface area contributed by atoms with Gasteiger partial charge < -0.3 is 9.64 Å². The van der Waals surface area contributed by atoms with E-state index in [1.54, 1.807) is 37.8 Å². The minimum atomic E-state index is -0.683. The molecule has 3 amide bonds. The second-order valence-corrected chi connectivity index (χ2v) is 6.03. The number of hydrogen-bond donors (Lipinski definition) is 2. The van der Waals surface area contributed by atoms with Crippen molar-refractivity contribution in [2.75, 3.05) is 13.1 Å². The zero-order valence-electron chi connectivity index (χ0n) is 14.9. The van der Waals surface area contributed by atoms with Gasteiger partial charge in [-0.05, 0) is 46.8 Å². The molecule has 0 atom stereocenters. The highest BCUT2D eigenvalue weighted by atomic mass is 16.6. The average Bonchev–Trinajstić information content (AvgIpc) is 2.47. The Hall–Kier alpha value is -2.57. The van der Waals surface area contributed by atoms with Crippen LogP contribution in [0.2, 0.25) is 0 Å². The molecule has 1 aromatic carbocycles. The van der Waals surface area contributed by atoms with Crippen molar-refractivity contribution in [2.24, 2.45) is 4.99 Å². The number of nitrogens with one attached hydrogen (secondary N) is 2. The third-order valence-electron chi connectivity index (χ3n) is 2.89. The molecule has 24 heavy (non-hydrogen) atoms. The molecule has 0 unspecified atom stereocenters. The van der Waals surface area contributed by atoms with E-state index in [0.717, 1.165) is 0 Å². The first-order valence-electron chi connectivity index (χ1n) is 7.94. The molecule has 0 heterocycles. The molecule has 0 fully saturated rings. The summed E-state index contributed by atoms with van der Waals surface area (Å²) in [7, 11) is 0. The van der Waals surface area contributed by atoms with Crippen LogP contribution in [0.25, 0.3) is 0 Å². The van der Waals surface area contributed by atoms with E-state index in [-0.39, 0.29) is 12.0 Å². The fourth-order valence-electron chi connectivity index (χ4n) is 1.81. The number of hydrogen-bond acceptors (Lipinski definition) is 4. The number of para-hydroxylation sites is 1. The van der Waals surface area contributed by atoms with E-state index in [9.17, 15) is 9.59 Å². The van der Waals surface area contributed by atoms with E-state index in [1.165, 1.54) is 0 Å². The number of amides is 3. The molecule has 0 aromatic heterocycles. The van der Waals surface area contributed by atoms with Gasteiger partial charge in [-0.3, -0.25) is 10.6 Å². The molecule has 0 aliphatic carbocycles. The van der Waals surface area contributed by atoms with Crippen LogP contribution in [0.4, 0.5) is 15.3 Å². The topological polar surface area (TPSA) is 83.0 Å². The van der Waals surface area contributed by atoms with Crippen molar-refractivity contribution >= 4 is 23.8 Å². The number of guanidine groups is 1. The first-order valence-corrected chi connectivity index (χ1v) is 7.94. The molecule has 7 nitrogen and oxygen atoms in total. The number of urea groups is 1. The number of nitrogens with zero attached hydrogens (tertiary/aromatic N) is 2. The van der Waals surface area contributed by atoms with E-state index in [2.05, 4.69) is 15.6 Å². The molecule has 0 radical (unpaired) electrons. The zero-order chi connectivity index (χ0) is 18.2. The number of benzene rings is 1. The number of carbonyl (C=O) groups is 2. The second-order valence-electron chi connectivity index (χ2n) is 6.03. The molecule has 0 aliphatic rings. The van der Waals surface area contributed by atoms with Crippen LogP contribution >= 0.6 is 0 Å². The molecule has 1 aromatic rings. The van der Waals surface area contributed by atoms with Crippen LogP contribution in [0.1, 0.15) is 34.6 Å². The maximum absolute atomic E-state index is 12.2. The Kier molecular flexibility index (Phi) is 7.23. The van der Waals surface area contributed by atoms with Crippen LogP contribution in [-0.4, -0.2) is 41.7 Å². The molecule has 1 rings (SSSR count). The lowest BCUT2D eigenvalue weighted by atomic mass is 10.2. The van der Waals surface area contributed by atoms with Gasteiger partial charge in [0.2, 0.25) is 5.96 Å². The second kappa shape index (κ2) is 8.90. The van der Waals surface area contributed by atoms with E-state index < -0.39 is 11.7 Å². The van der Waals surface area contributed by atoms with Gasteiger partial charge in [-0.1, -0.05) is 18.2 Å². The fraction of sp³-hybridized carbons (Fsp3) is 0.471. The highest BCUT2D eigenvalue weighted by Gasteiger charge is 2.19. The highest BCUT2D eigenvalue weighted by molar-refractivity contribution is 6.03. The van der Waals surface area contributed by atoms with Crippen LogP contribution in [0, 0.1) is 0 Å². The summed E-state index contributed by atoms with van der Waals surface area (Å²) < 4.78 is 5.20. The Bertz CT molecular complexity index is 575. The molecule has 2 N–H and O–H groups in total. The van der Waals surface area contributed by atoms with Crippen LogP contribution < -0.4 is 10.6 Å². The smallest absolute Gasteiger partial charge is 0.414 e. The minimum Gasteiger partial charge on any atom is -0.444 e. The number of alkyl carbamates (subject to hydrolysis) is 1. The summed E-state index contributed by atoms with van der Waals surface area (Å²) in [4.78, 5) is 30.0. The SMILES string of the molecule is CCN(CC)C(=O)NC(=Nc1ccccc1)NC(=O)OC(C)(C)C. The van der Waals surface area contributed by atoms with Crippen LogP contribution in [0.5, 0.6) is 0 Å². The number of aliphatic imine (C=N–C) groups is 1. The van der Waals surface area contributed by atoms with Gasteiger partial charge in [0.05, 0.1) is 5.69 Å². The summed E-state index contributed by atoms with van der Waals surface area (Å²) >= 11 is 0. The molecule has 0 saturated heterocycles. The van der Waals surface area contributed by atoms with E-state index in [1.807, 2.05) is 32.0 Å². The molecule has 132 valence electrons. The summed E-state index contributed by atoms with van der Waals surface area (Å²) in [5.41, 5.74) is -0.0476. The van der Waals surface area contributed by atoms with Crippen molar-refractivity contribution in [3.05, 3.63) is 30.3 Å². The van der Waals surface area contributed by atoms with Crippen molar-refractivity contribution in [2.45, 2.75) is 40.2 Å². The molecule has 0 spiro atoms. The zero-order valence-corrected chi connectivity index (χ0v) is 14.9. The Morgan fingerprint density at radius 3 is 2.17 bits per heavy atom. The standard InChI is InChI=1S/C17H26N4O3/c1-6-21(7-2)15(22)19-14(18-13-11-9-8-10-12-13)20-16(23)24-17(3,4)5/h8-12H,6-7H2,1-5H3,(H2,18,19,20,22,23). The van der Waals surface area contributed by atoms with Crippen molar-refractivity contribution in [3.8, 4) is 0 Å². The largest absolute Gasteiger partial charge is 0.444 e. The summed E-state index contributed by atoms with van der Waals surface area (Å²) in [5, 5.41) is 5.10. The van der Waals surface area contributed by atoms with Gasteiger partial charge in [-0.15, -0.1) is 0 Å². The monoisotopic (exact) mass is 334 g/mol. The Labute approximate surface area is 143 Å². The van der Waals surface area contributed by atoms with Crippen molar-refractivity contribution in [3.63, 3.8) is 0 Å². The van der Waals surface area contributed by atoms with Gasteiger partial charge in [-0.25, -0.2) is 14.6 Å². The Balaban J connectivity index is 2.93. The molecule has 0 bridgehead atoms. The molecular weight excluding hydrogens is 308 g/mol. The summed E-state index contributed by atoms with van der Waals surface area (Å²) in [6.07, 6.45) is -0.683. The predicted octanol–water partition coefficient (Wildman–Crippen LogP) is 3.25. The number of ether oxygens (including phenoxy) is 1. The highest BCUT2D eigenvalue weighted by Crippen LogP contribution is 2.10. The van der Waals surface area contributed by atoms with Crippen LogP contribution in [0.3, 0.4) is 0 Å². The van der Waals surface area contributed by atoms with Gasteiger partial charge in [0.1, 0.15) is 5.60 Å². The van der Waals surface area contributed by atoms with Crippen LogP contribution in [-0.2, 0) is 4.74 Å². The first kappa shape index (κ1) is 19.5. The third-order valence-corrected chi connectivity index (χ3v) is 2.89. The normalized spacial score (nSPS) is 11.6. The molecular formula is C17H26N4O3. The van der Waals surface area contributed by atoms with E-state index >= 15 is 0 Å².